The molecule has 0 bridgehead atoms. The van der Waals surface area contributed by atoms with Crippen LogP contribution >= 0.6 is 0 Å². The number of ether oxygens (including phenoxy) is 1. The van der Waals surface area contributed by atoms with Gasteiger partial charge in [0.25, 0.3) is 11.5 Å². The van der Waals surface area contributed by atoms with Gasteiger partial charge in [0.05, 0.1) is 24.3 Å². The first-order valence-electron chi connectivity index (χ1n) is 6.57. The maximum Gasteiger partial charge on any atom is 0.416 e. The SMILES string of the molecule is COc1ccc2c(c1)[N+]([O-])=C(c1ccc(C(F)(F)F)cc1)C2=O. The summed E-state index contributed by atoms with van der Waals surface area (Å²) in [5.41, 5.74) is -0.612. The molecule has 0 atom stereocenters. The van der Waals surface area contributed by atoms with Gasteiger partial charge >= 0.3 is 6.18 Å². The number of hydrogen-bond acceptors (Lipinski definition) is 3. The van der Waals surface area contributed by atoms with Crippen LogP contribution in [0.3, 0.4) is 0 Å². The number of fused-ring (bicyclic) bond motifs is 1. The lowest BCUT2D eigenvalue weighted by atomic mass is 10.0. The van der Waals surface area contributed by atoms with Gasteiger partial charge < -0.3 is 9.94 Å². The van der Waals surface area contributed by atoms with Gasteiger partial charge in [0.15, 0.2) is 0 Å². The Labute approximate surface area is 129 Å². The van der Waals surface area contributed by atoms with Crippen molar-refractivity contribution in [1.29, 1.82) is 0 Å². The maximum atomic E-state index is 12.6. The summed E-state index contributed by atoms with van der Waals surface area (Å²) in [5, 5.41) is 12.3. The molecule has 2 aromatic carbocycles. The second kappa shape index (κ2) is 5.12. The lowest BCUT2D eigenvalue weighted by Gasteiger charge is -2.07. The van der Waals surface area contributed by atoms with E-state index in [1.807, 2.05) is 0 Å². The molecule has 0 aromatic heterocycles. The highest BCUT2D eigenvalue weighted by atomic mass is 19.4. The lowest BCUT2D eigenvalue weighted by molar-refractivity contribution is -0.355. The standard InChI is InChI=1S/C16H10F3NO3/c1-23-11-6-7-12-13(8-11)20(22)14(15(12)21)9-2-4-10(5-3-9)16(17,18)19/h2-8H,1H3. The molecule has 0 saturated heterocycles. The van der Waals surface area contributed by atoms with Crippen molar-refractivity contribution in [3.63, 3.8) is 0 Å². The van der Waals surface area contributed by atoms with E-state index in [0.717, 1.165) is 24.3 Å². The van der Waals surface area contributed by atoms with Crippen LogP contribution in [0.25, 0.3) is 0 Å². The number of hydrogen-bond donors (Lipinski definition) is 0. The molecule has 0 amide bonds. The third-order valence-corrected chi connectivity index (χ3v) is 3.57. The van der Waals surface area contributed by atoms with Crippen LogP contribution in [0.4, 0.5) is 18.9 Å². The quantitative estimate of drug-likeness (QED) is 0.628. The van der Waals surface area contributed by atoms with E-state index in [1.54, 1.807) is 6.07 Å². The molecule has 0 fully saturated rings. The highest BCUT2D eigenvalue weighted by Gasteiger charge is 2.37. The molecule has 3 rings (SSSR count). The minimum atomic E-state index is -4.48. The second-order valence-corrected chi connectivity index (χ2v) is 4.93. The molecule has 0 N–H and O–H groups in total. The number of halogens is 3. The zero-order valence-corrected chi connectivity index (χ0v) is 11.8. The Kier molecular flexibility index (Phi) is 3.35. The van der Waals surface area contributed by atoms with Crippen molar-refractivity contribution in [3.05, 3.63) is 64.4 Å². The zero-order valence-electron chi connectivity index (χ0n) is 11.8. The Hall–Kier alpha value is -2.83. The molecule has 1 aliphatic heterocycles. The van der Waals surface area contributed by atoms with E-state index in [9.17, 15) is 23.2 Å². The molecule has 7 heteroatoms. The van der Waals surface area contributed by atoms with Gasteiger partial charge in [-0.05, 0) is 36.4 Å². The number of rotatable bonds is 2. The van der Waals surface area contributed by atoms with Crippen molar-refractivity contribution < 1.29 is 27.4 Å². The van der Waals surface area contributed by atoms with Gasteiger partial charge in [-0.25, -0.2) is 0 Å². The van der Waals surface area contributed by atoms with E-state index in [4.69, 9.17) is 4.74 Å². The summed E-state index contributed by atoms with van der Waals surface area (Å²) in [7, 11) is 1.42. The van der Waals surface area contributed by atoms with Crippen molar-refractivity contribution in [1.82, 2.24) is 0 Å². The third-order valence-electron chi connectivity index (χ3n) is 3.57. The van der Waals surface area contributed by atoms with Gasteiger partial charge in [-0.3, -0.25) is 4.79 Å². The number of carbonyl (C=O) groups is 1. The molecule has 2 aromatic rings. The van der Waals surface area contributed by atoms with Crippen LogP contribution in [-0.4, -0.2) is 23.3 Å². The third kappa shape index (κ3) is 2.44. The smallest absolute Gasteiger partial charge is 0.416 e. The molecule has 118 valence electrons. The Morgan fingerprint density at radius 2 is 1.74 bits per heavy atom. The average molecular weight is 321 g/mol. The van der Waals surface area contributed by atoms with Crippen LogP contribution in [0.15, 0.2) is 42.5 Å². The van der Waals surface area contributed by atoms with Crippen LogP contribution < -0.4 is 4.74 Å². The monoisotopic (exact) mass is 321 g/mol. The highest BCUT2D eigenvalue weighted by Crippen LogP contribution is 2.33. The van der Waals surface area contributed by atoms with Gasteiger partial charge in [-0.1, -0.05) is 0 Å². The van der Waals surface area contributed by atoms with Crippen molar-refractivity contribution >= 4 is 17.2 Å². The minimum Gasteiger partial charge on any atom is -0.618 e. The number of benzene rings is 2. The summed E-state index contributed by atoms with van der Waals surface area (Å²) >= 11 is 0. The summed E-state index contributed by atoms with van der Waals surface area (Å²) < 4.78 is 43.2. The molecule has 0 spiro atoms. The number of carbonyl (C=O) groups excluding carboxylic acids is 1. The lowest BCUT2D eigenvalue weighted by Crippen LogP contribution is -2.17. The fraction of sp³-hybridized carbons (Fsp3) is 0.125. The molecule has 23 heavy (non-hydrogen) atoms. The van der Waals surface area contributed by atoms with E-state index < -0.39 is 17.5 Å². The molecule has 0 unspecified atom stereocenters. The largest absolute Gasteiger partial charge is 0.618 e. The molecule has 1 aliphatic rings. The fourth-order valence-electron chi connectivity index (χ4n) is 2.40. The first-order chi connectivity index (χ1) is 10.8. The van der Waals surface area contributed by atoms with Crippen LogP contribution in [0.2, 0.25) is 0 Å². The summed E-state index contributed by atoms with van der Waals surface area (Å²) in [5.74, 6) is -0.122. The van der Waals surface area contributed by atoms with E-state index >= 15 is 0 Å². The normalized spacial score (nSPS) is 14.2. The fourth-order valence-corrected chi connectivity index (χ4v) is 2.40. The highest BCUT2D eigenvalue weighted by molar-refractivity contribution is 6.52. The van der Waals surface area contributed by atoms with E-state index in [-0.39, 0.29) is 22.5 Å². The maximum absolute atomic E-state index is 12.6. The molecule has 0 radical (unpaired) electrons. The Bertz CT molecular complexity index is 823. The van der Waals surface area contributed by atoms with Crippen LogP contribution in [0.1, 0.15) is 21.5 Å². The number of nitrogens with zero attached hydrogens (tertiary/aromatic N) is 1. The molecule has 0 aliphatic carbocycles. The number of Topliss-reactive ketones (excluding diaryl/α,β-unsaturated/α-hetero) is 1. The van der Waals surface area contributed by atoms with E-state index in [2.05, 4.69) is 0 Å². The molecular formula is C16H10F3NO3. The van der Waals surface area contributed by atoms with Gasteiger partial charge in [0.1, 0.15) is 11.3 Å². The predicted molar refractivity (Wildman–Crippen MR) is 76.2 cm³/mol. The Morgan fingerprint density at radius 3 is 2.30 bits per heavy atom. The summed E-state index contributed by atoms with van der Waals surface area (Å²) in [4.78, 5) is 12.3. The van der Waals surface area contributed by atoms with E-state index in [1.165, 1.54) is 19.2 Å². The van der Waals surface area contributed by atoms with Crippen LogP contribution in [0, 0.1) is 5.21 Å². The van der Waals surface area contributed by atoms with Gasteiger partial charge in [-0.15, -0.1) is 0 Å². The van der Waals surface area contributed by atoms with Crippen LogP contribution in [-0.2, 0) is 6.18 Å². The summed E-state index contributed by atoms with van der Waals surface area (Å²) in [6.45, 7) is 0. The molecular weight excluding hydrogens is 311 g/mol. The van der Waals surface area contributed by atoms with Gasteiger partial charge in [0.2, 0.25) is 5.69 Å². The van der Waals surface area contributed by atoms with Crippen molar-refractivity contribution in [2.75, 3.05) is 7.11 Å². The van der Waals surface area contributed by atoms with Crippen LogP contribution in [0.5, 0.6) is 5.75 Å². The molecule has 0 saturated carbocycles. The van der Waals surface area contributed by atoms with Gasteiger partial charge in [0, 0.05) is 0 Å². The predicted octanol–water partition coefficient (Wildman–Crippen LogP) is 3.54. The minimum absolute atomic E-state index is 0.115. The molecule has 4 nitrogen and oxygen atoms in total. The average Bonchev–Trinajstić information content (AvgIpc) is 2.77. The first kappa shape index (κ1) is 15.1. The van der Waals surface area contributed by atoms with Gasteiger partial charge in [-0.2, -0.15) is 17.9 Å². The van der Waals surface area contributed by atoms with Crippen molar-refractivity contribution in [3.8, 4) is 5.75 Å². The first-order valence-corrected chi connectivity index (χ1v) is 6.57. The zero-order chi connectivity index (χ0) is 16.8. The topological polar surface area (TPSA) is 52.4 Å². The summed E-state index contributed by atoms with van der Waals surface area (Å²) in [6.07, 6.45) is -4.48. The Balaban J connectivity index is 2.06. The number of alkyl halides is 3. The number of ketones is 1. The van der Waals surface area contributed by atoms with Crippen molar-refractivity contribution in [2.24, 2.45) is 0 Å². The molecule has 1 heterocycles. The second-order valence-electron chi connectivity index (χ2n) is 4.93. The van der Waals surface area contributed by atoms with E-state index in [0.29, 0.717) is 10.5 Å². The number of methoxy groups -OCH3 is 1. The van der Waals surface area contributed by atoms with Crippen molar-refractivity contribution in [2.45, 2.75) is 6.18 Å². The Morgan fingerprint density at radius 1 is 1.09 bits per heavy atom. The summed E-state index contributed by atoms with van der Waals surface area (Å²) in [6, 6.07) is 8.32.